The average Bonchev–Trinajstić information content (AvgIpc) is 2.29. The Labute approximate surface area is 105 Å². The lowest BCUT2D eigenvalue weighted by molar-refractivity contribution is -0.308. The van der Waals surface area contributed by atoms with Crippen molar-refractivity contribution in [3.8, 4) is 0 Å². The van der Waals surface area contributed by atoms with Gasteiger partial charge in [-0.3, -0.25) is 0 Å². The Morgan fingerprint density at radius 2 is 2.18 bits per heavy atom. The van der Waals surface area contributed by atoms with Crippen LogP contribution >= 0.6 is 11.8 Å². The van der Waals surface area contributed by atoms with Crippen LogP contribution in [0.4, 0.5) is 4.79 Å². The minimum absolute atomic E-state index is 0.356. The van der Waals surface area contributed by atoms with Gasteiger partial charge in [0.25, 0.3) is 0 Å². The number of urea groups is 1. The highest BCUT2D eigenvalue weighted by Crippen LogP contribution is 1.99. The van der Waals surface area contributed by atoms with Crippen molar-refractivity contribution < 1.29 is 19.4 Å². The summed E-state index contributed by atoms with van der Waals surface area (Å²) in [5, 5.41) is 15.6. The van der Waals surface area contributed by atoms with Crippen LogP contribution in [0.15, 0.2) is 0 Å². The highest BCUT2D eigenvalue weighted by molar-refractivity contribution is 7.98. The van der Waals surface area contributed by atoms with Crippen LogP contribution < -0.4 is 15.7 Å². The molecular formula is C10H19N2O4S-. The number of carbonyl (C=O) groups excluding carboxylic acids is 2. The molecule has 1 atom stereocenters. The fourth-order valence-electron chi connectivity index (χ4n) is 1.11. The molecule has 6 nitrogen and oxygen atoms in total. The number of nitrogens with one attached hydrogen (secondary N) is 2. The van der Waals surface area contributed by atoms with Crippen molar-refractivity contribution in [1.29, 1.82) is 0 Å². The molecule has 0 saturated heterocycles. The molecule has 0 unspecified atom stereocenters. The Kier molecular flexibility index (Phi) is 9.65. The molecule has 0 heterocycles. The van der Waals surface area contributed by atoms with Crippen LogP contribution in [0.25, 0.3) is 0 Å². The van der Waals surface area contributed by atoms with Gasteiger partial charge in [0.2, 0.25) is 0 Å². The van der Waals surface area contributed by atoms with Crippen molar-refractivity contribution >= 4 is 23.8 Å². The maximum atomic E-state index is 11.3. The van der Waals surface area contributed by atoms with E-state index in [0.29, 0.717) is 31.7 Å². The van der Waals surface area contributed by atoms with Crippen molar-refractivity contribution in [2.24, 2.45) is 0 Å². The van der Waals surface area contributed by atoms with Crippen LogP contribution in [0.3, 0.4) is 0 Å². The third-order valence-electron chi connectivity index (χ3n) is 2.01. The molecule has 0 aromatic carbocycles. The number of aliphatic carboxylic acids is 1. The second-order valence-corrected chi connectivity index (χ2v) is 4.39. The number of ether oxygens (including phenoxy) is 1. The van der Waals surface area contributed by atoms with Gasteiger partial charge in [-0.05, 0) is 24.9 Å². The summed E-state index contributed by atoms with van der Waals surface area (Å²) in [6.07, 6.45) is 2.91. The molecule has 0 aliphatic heterocycles. The van der Waals surface area contributed by atoms with E-state index >= 15 is 0 Å². The smallest absolute Gasteiger partial charge is 0.315 e. The topological polar surface area (TPSA) is 90.5 Å². The first-order valence-electron chi connectivity index (χ1n) is 5.35. The molecule has 0 radical (unpaired) electrons. The molecule has 0 rings (SSSR count). The van der Waals surface area contributed by atoms with Gasteiger partial charge in [0.15, 0.2) is 0 Å². The van der Waals surface area contributed by atoms with Crippen LogP contribution in [-0.2, 0) is 9.53 Å². The molecule has 0 saturated carbocycles. The molecule has 2 N–H and O–H groups in total. The Bertz CT molecular complexity index is 238. The summed E-state index contributed by atoms with van der Waals surface area (Å²) in [4.78, 5) is 22.1. The molecule has 0 aliphatic carbocycles. The number of carboxylic acids is 1. The normalized spacial score (nSPS) is 11.9. The highest BCUT2D eigenvalue weighted by atomic mass is 32.2. The van der Waals surface area contributed by atoms with Gasteiger partial charge in [-0.25, -0.2) is 4.79 Å². The number of methoxy groups -OCH3 is 1. The summed E-state index contributed by atoms with van der Waals surface area (Å²) >= 11 is 1.52. The Morgan fingerprint density at radius 1 is 1.47 bits per heavy atom. The quantitative estimate of drug-likeness (QED) is 0.531. The number of thioether (sulfide) groups is 1. The summed E-state index contributed by atoms with van der Waals surface area (Å²) in [5.41, 5.74) is 0. The predicted molar refractivity (Wildman–Crippen MR) is 64.8 cm³/mol. The molecule has 0 spiro atoms. The van der Waals surface area contributed by atoms with Gasteiger partial charge in [-0.1, -0.05) is 0 Å². The van der Waals surface area contributed by atoms with Crippen LogP contribution in [0.5, 0.6) is 0 Å². The molecule has 0 bridgehead atoms. The summed E-state index contributed by atoms with van der Waals surface area (Å²) in [5.74, 6) is -0.603. The number of hydrogen-bond acceptors (Lipinski definition) is 5. The van der Waals surface area contributed by atoms with Crippen molar-refractivity contribution in [2.75, 3.05) is 32.3 Å². The third kappa shape index (κ3) is 8.82. The van der Waals surface area contributed by atoms with Gasteiger partial charge in [0.05, 0.1) is 12.0 Å². The van der Waals surface area contributed by atoms with E-state index in [4.69, 9.17) is 4.74 Å². The molecule has 0 fully saturated rings. The van der Waals surface area contributed by atoms with Gasteiger partial charge in [0.1, 0.15) is 0 Å². The number of amides is 2. The molecular weight excluding hydrogens is 244 g/mol. The van der Waals surface area contributed by atoms with E-state index in [-0.39, 0.29) is 0 Å². The van der Waals surface area contributed by atoms with Crippen LogP contribution in [0.1, 0.15) is 12.8 Å². The lowest BCUT2D eigenvalue weighted by Gasteiger charge is -2.19. The second kappa shape index (κ2) is 10.2. The van der Waals surface area contributed by atoms with Gasteiger partial charge in [-0.2, -0.15) is 11.8 Å². The predicted octanol–water partition coefficient (Wildman–Crippen LogP) is -0.806. The standard InChI is InChI=1S/C10H20N2O4S/c1-16-6-3-5-11-10(15)12-8(9(13)14)4-7-17-2/h8H,3-7H2,1-2H3,(H,13,14)(H2,11,12,15)/p-1/t8-/m0/s1. The molecule has 0 aromatic heterocycles. The van der Waals surface area contributed by atoms with Gasteiger partial charge < -0.3 is 25.3 Å². The van der Waals surface area contributed by atoms with E-state index in [1.165, 1.54) is 11.8 Å². The summed E-state index contributed by atoms with van der Waals surface area (Å²) in [6, 6.07) is -1.43. The second-order valence-electron chi connectivity index (χ2n) is 3.40. The molecule has 2 amide bonds. The molecule has 0 aliphatic rings. The van der Waals surface area contributed by atoms with Crippen molar-refractivity contribution in [1.82, 2.24) is 10.6 Å². The monoisotopic (exact) mass is 263 g/mol. The first kappa shape index (κ1) is 16.1. The van der Waals surface area contributed by atoms with E-state index in [9.17, 15) is 14.7 Å². The first-order chi connectivity index (χ1) is 8.11. The lowest BCUT2D eigenvalue weighted by Crippen LogP contribution is -2.51. The van der Waals surface area contributed by atoms with Crippen LogP contribution in [0, 0.1) is 0 Å². The average molecular weight is 263 g/mol. The van der Waals surface area contributed by atoms with E-state index in [0.717, 1.165) is 0 Å². The zero-order chi connectivity index (χ0) is 13.1. The van der Waals surface area contributed by atoms with E-state index in [1.54, 1.807) is 7.11 Å². The van der Waals surface area contributed by atoms with E-state index in [1.807, 2.05) is 6.26 Å². The fraction of sp³-hybridized carbons (Fsp3) is 0.800. The Morgan fingerprint density at radius 3 is 2.71 bits per heavy atom. The maximum Gasteiger partial charge on any atom is 0.315 e. The molecule has 100 valence electrons. The first-order valence-corrected chi connectivity index (χ1v) is 6.74. The largest absolute Gasteiger partial charge is 0.548 e. The van der Waals surface area contributed by atoms with Crippen LogP contribution in [0.2, 0.25) is 0 Å². The zero-order valence-corrected chi connectivity index (χ0v) is 11.0. The SMILES string of the molecule is COCCCNC(=O)N[C@@H](CCSC)C(=O)[O-]. The van der Waals surface area contributed by atoms with Crippen molar-refractivity contribution in [3.63, 3.8) is 0 Å². The summed E-state index contributed by atoms with van der Waals surface area (Å²) in [6.45, 7) is 0.999. The third-order valence-corrected chi connectivity index (χ3v) is 2.66. The van der Waals surface area contributed by atoms with E-state index in [2.05, 4.69) is 10.6 Å². The van der Waals surface area contributed by atoms with Crippen molar-refractivity contribution in [3.05, 3.63) is 0 Å². The molecule has 17 heavy (non-hydrogen) atoms. The Balaban J connectivity index is 3.83. The summed E-state index contributed by atoms with van der Waals surface area (Å²) < 4.78 is 4.82. The number of rotatable bonds is 9. The summed E-state index contributed by atoms with van der Waals surface area (Å²) in [7, 11) is 1.58. The minimum atomic E-state index is -1.26. The Hall–Kier alpha value is -0.950. The van der Waals surface area contributed by atoms with Gasteiger partial charge >= 0.3 is 6.03 Å². The van der Waals surface area contributed by atoms with E-state index < -0.39 is 18.0 Å². The van der Waals surface area contributed by atoms with Crippen LogP contribution in [-0.4, -0.2) is 50.3 Å². The zero-order valence-electron chi connectivity index (χ0n) is 10.2. The lowest BCUT2D eigenvalue weighted by atomic mass is 10.2. The fourth-order valence-corrected chi connectivity index (χ4v) is 1.58. The van der Waals surface area contributed by atoms with Gasteiger partial charge in [0, 0.05) is 20.3 Å². The highest BCUT2D eigenvalue weighted by Gasteiger charge is 2.12. The number of carbonyl (C=O) groups is 2. The van der Waals surface area contributed by atoms with Crippen molar-refractivity contribution in [2.45, 2.75) is 18.9 Å². The molecule has 7 heteroatoms. The van der Waals surface area contributed by atoms with Gasteiger partial charge in [-0.15, -0.1) is 0 Å². The maximum absolute atomic E-state index is 11.3. The number of hydrogen-bond donors (Lipinski definition) is 2. The number of carboxylic acid groups (broad SMARTS) is 1. The minimum Gasteiger partial charge on any atom is -0.548 e. The molecule has 0 aromatic rings.